The molecule has 3 amide bonds. The first kappa shape index (κ1) is 19.1. The highest BCUT2D eigenvalue weighted by atomic mass is 32.1. The van der Waals surface area contributed by atoms with Gasteiger partial charge in [-0.3, -0.25) is 19.2 Å². The fourth-order valence-corrected chi connectivity index (χ4v) is 2.54. The summed E-state index contributed by atoms with van der Waals surface area (Å²) in [5.41, 5.74) is 5.87. The number of amides is 3. The molecule has 1 heterocycles. The number of rotatable bonds is 7. The van der Waals surface area contributed by atoms with Crippen molar-refractivity contribution in [2.24, 2.45) is 5.73 Å². The number of benzene rings is 1. The number of carbonyl (C=O) groups excluding carboxylic acids is 4. The van der Waals surface area contributed by atoms with Crippen LogP contribution in [0.15, 0.2) is 41.8 Å². The summed E-state index contributed by atoms with van der Waals surface area (Å²) in [4.78, 5) is 47.0. The Morgan fingerprint density at radius 2 is 1.85 bits per heavy atom. The summed E-state index contributed by atoms with van der Waals surface area (Å²) in [5.74, 6) is -2.24. The van der Waals surface area contributed by atoms with Crippen molar-refractivity contribution in [2.45, 2.75) is 13.0 Å². The van der Waals surface area contributed by atoms with Gasteiger partial charge >= 0.3 is 5.97 Å². The van der Waals surface area contributed by atoms with E-state index in [0.717, 1.165) is 0 Å². The minimum Gasteiger partial charge on any atom is -0.451 e. The first-order valence-corrected chi connectivity index (χ1v) is 8.46. The van der Waals surface area contributed by atoms with Gasteiger partial charge in [0.05, 0.1) is 4.88 Å². The van der Waals surface area contributed by atoms with Crippen LogP contribution < -0.4 is 16.4 Å². The molecule has 0 spiro atoms. The summed E-state index contributed by atoms with van der Waals surface area (Å²) in [6.07, 6.45) is -1.06. The number of anilines is 1. The molecule has 4 N–H and O–H groups in total. The van der Waals surface area contributed by atoms with Gasteiger partial charge in [0, 0.05) is 11.3 Å². The van der Waals surface area contributed by atoms with E-state index in [1.807, 2.05) is 0 Å². The normalized spacial score (nSPS) is 11.3. The summed E-state index contributed by atoms with van der Waals surface area (Å²) < 4.78 is 4.98. The van der Waals surface area contributed by atoms with Gasteiger partial charge in [-0.05, 0) is 42.6 Å². The van der Waals surface area contributed by atoms with E-state index < -0.39 is 23.9 Å². The summed E-state index contributed by atoms with van der Waals surface area (Å²) in [5, 5.41) is 6.71. The number of nitrogens with two attached hydrogens (primary N) is 1. The highest BCUT2D eigenvalue weighted by Crippen LogP contribution is 2.10. The molecule has 2 aromatic rings. The molecule has 0 radical (unpaired) electrons. The Morgan fingerprint density at radius 1 is 1.15 bits per heavy atom. The third-order valence-electron chi connectivity index (χ3n) is 3.25. The van der Waals surface area contributed by atoms with E-state index in [1.165, 1.54) is 42.5 Å². The molecule has 8 nitrogen and oxygen atoms in total. The van der Waals surface area contributed by atoms with Crippen molar-refractivity contribution in [3.8, 4) is 0 Å². The molecular formula is C17H17N3O5S. The quantitative estimate of drug-likeness (QED) is 0.626. The van der Waals surface area contributed by atoms with Gasteiger partial charge in [0.2, 0.25) is 5.91 Å². The van der Waals surface area contributed by atoms with Crippen molar-refractivity contribution in [1.29, 1.82) is 0 Å². The van der Waals surface area contributed by atoms with E-state index in [9.17, 15) is 19.2 Å². The lowest BCUT2D eigenvalue weighted by Gasteiger charge is -2.14. The van der Waals surface area contributed by atoms with Crippen LogP contribution in [0, 0.1) is 0 Å². The lowest BCUT2D eigenvalue weighted by atomic mass is 10.2. The fourth-order valence-electron chi connectivity index (χ4n) is 1.90. The van der Waals surface area contributed by atoms with Crippen LogP contribution in [0.2, 0.25) is 0 Å². The molecular weight excluding hydrogens is 358 g/mol. The average molecular weight is 375 g/mol. The zero-order chi connectivity index (χ0) is 19.1. The van der Waals surface area contributed by atoms with E-state index >= 15 is 0 Å². The lowest BCUT2D eigenvalue weighted by molar-refractivity contribution is -0.152. The number of esters is 1. The molecule has 0 aliphatic rings. The number of ether oxygens (including phenoxy) is 1. The largest absolute Gasteiger partial charge is 0.451 e. The van der Waals surface area contributed by atoms with Crippen molar-refractivity contribution >= 4 is 40.7 Å². The zero-order valence-electron chi connectivity index (χ0n) is 13.9. The van der Waals surface area contributed by atoms with Crippen LogP contribution in [-0.2, 0) is 14.3 Å². The minimum absolute atomic E-state index is 0.309. The first-order valence-electron chi connectivity index (χ1n) is 7.58. The highest BCUT2D eigenvalue weighted by molar-refractivity contribution is 7.12. The summed E-state index contributed by atoms with van der Waals surface area (Å²) >= 11 is 1.25. The number of hydrogen-bond donors (Lipinski definition) is 3. The van der Waals surface area contributed by atoms with E-state index in [-0.39, 0.29) is 12.5 Å². The topological polar surface area (TPSA) is 128 Å². The van der Waals surface area contributed by atoms with Gasteiger partial charge in [-0.25, -0.2) is 0 Å². The molecule has 0 unspecified atom stereocenters. The molecule has 0 fully saturated rings. The van der Waals surface area contributed by atoms with Crippen LogP contribution in [0.25, 0.3) is 0 Å². The van der Waals surface area contributed by atoms with Gasteiger partial charge in [0.15, 0.2) is 6.10 Å². The van der Waals surface area contributed by atoms with E-state index in [0.29, 0.717) is 16.1 Å². The van der Waals surface area contributed by atoms with Gasteiger partial charge in [0.1, 0.15) is 6.54 Å². The van der Waals surface area contributed by atoms with Crippen molar-refractivity contribution in [1.82, 2.24) is 5.32 Å². The molecule has 2 rings (SSSR count). The molecule has 0 saturated carbocycles. The highest BCUT2D eigenvalue weighted by Gasteiger charge is 2.19. The van der Waals surface area contributed by atoms with E-state index in [2.05, 4.69) is 10.6 Å². The molecule has 1 atom stereocenters. The second-order valence-corrected chi connectivity index (χ2v) is 6.17. The zero-order valence-corrected chi connectivity index (χ0v) is 14.7. The summed E-state index contributed by atoms with van der Waals surface area (Å²) in [6, 6.07) is 9.30. The molecule has 26 heavy (non-hydrogen) atoms. The smallest absolute Gasteiger partial charge is 0.326 e. The third-order valence-corrected chi connectivity index (χ3v) is 4.12. The molecule has 0 aliphatic heterocycles. The van der Waals surface area contributed by atoms with Crippen molar-refractivity contribution in [2.75, 3.05) is 11.9 Å². The standard InChI is InChI=1S/C17H17N3O5S/c1-10(16(23)20-12-6-4-11(5-7-12)15(18)22)25-14(21)9-19-17(24)13-3-2-8-26-13/h2-8,10H,9H2,1H3,(H2,18,22)(H,19,24)(H,20,23)/t10-/m1/s1. The Bertz CT molecular complexity index is 802. The van der Waals surface area contributed by atoms with Crippen LogP contribution in [0.3, 0.4) is 0 Å². The Morgan fingerprint density at radius 3 is 2.42 bits per heavy atom. The third kappa shape index (κ3) is 5.42. The maximum Gasteiger partial charge on any atom is 0.326 e. The van der Waals surface area contributed by atoms with Crippen molar-refractivity contribution in [3.63, 3.8) is 0 Å². The summed E-state index contributed by atoms with van der Waals surface area (Å²) in [6.45, 7) is 1.06. The maximum absolute atomic E-state index is 12.0. The number of carbonyl (C=O) groups is 4. The Hall–Kier alpha value is -3.20. The molecule has 0 aliphatic carbocycles. The van der Waals surface area contributed by atoms with E-state index in [4.69, 9.17) is 10.5 Å². The van der Waals surface area contributed by atoms with Gasteiger partial charge in [-0.1, -0.05) is 6.07 Å². The molecule has 0 saturated heterocycles. The second kappa shape index (κ2) is 8.77. The van der Waals surface area contributed by atoms with Crippen molar-refractivity contribution in [3.05, 3.63) is 52.2 Å². The Balaban J connectivity index is 1.79. The molecule has 1 aromatic carbocycles. The van der Waals surface area contributed by atoms with Crippen LogP contribution in [0.5, 0.6) is 0 Å². The SMILES string of the molecule is C[C@@H](OC(=O)CNC(=O)c1cccs1)C(=O)Nc1ccc(C(N)=O)cc1. The number of hydrogen-bond acceptors (Lipinski definition) is 6. The predicted octanol–water partition coefficient (Wildman–Crippen LogP) is 1.15. The maximum atomic E-state index is 12.0. The van der Waals surface area contributed by atoms with Crippen LogP contribution in [-0.4, -0.2) is 36.3 Å². The summed E-state index contributed by atoms with van der Waals surface area (Å²) in [7, 11) is 0. The van der Waals surface area contributed by atoms with E-state index in [1.54, 1.807) is 17.5 Å². The van der Waals surface area contributed by atoms with Crippen LogP contribution in [0.4, 0.5) is 5.69 Å². The molecule has 1 aromatic heterocycles. The Kier molecular flexibility index (Phi) is 6.45. The van der Waals surface area contributed by atoms with Gasteiger partial charge in [-0.2, -0.15) is 0 Å². The number of thiophene rings is 1. The first-order chi connectivity index (χ1) is 12.4. The average Bonchev–Trinajstić information content (AvgIpc) is 3.14. The minimum atomic E-state index is -1.06. The van der Waals surface area contributed by atoms with Gasteiger partial charge < -0.3 is 21.1 Å². The predicted molar refractivity (Wildman–Crippen MR) is 95.8 cm³/mol. The van der Waals surface area contributed by atoms with Gasteiger partial charge in [0.25, 0.3) is 11.8 Å². The number of primary amides is 1. The van der Waals surface area contributed by atoms with Crippen molar-refractivity contribution < 1.29 is 23.9 Å². The second-order valence-electron chi connectivity index (χ2n) is 5.22. The lowest BCUT2D eigenvalue weighted by Crippen LogP contribution is -2.35. The monoisotopic (exact) mass is 375 g/mol. The van der Waals surface area contributed by atoms with Gasteiger partial charge in [-0.15, -0.1) is 11.3 Å². The Labute approximate surface area is 153 Å². The van der Waals surface area contributed by atoms with Crippen LogP contribution in [0.1, 0.15) is 27.0 Å². The number of nitrogens with one attached hydrogen (secondary N) is 2. The molecule has 136 valence electrons. The van der Waals surface area contributed by atoms with Crippen LogP contribution >= 0.6 is 11.3 Å². The fraction of sp³-hybridized carbons (Fsp3) is 0.176. The molecule has 0 bridgehead atoms. The molecule has 9 heteroatoms.